The van der Waals surface area contributed by atoms with E-state index in [0.29, 0.717) is 0 Å². The molecule has 0 unspecified atom stereocenters. The van der Waals surface area contributed by atoms with E-state index in [1.807, 2.05) is 0 Å². The van der Waals surface area contributed by atoms with Crippen LogP contribution in [-0.2, 0) is 27.3 Å². The molecule has 5 atom stereocenters. The van der Waals surface area contributed by atoms with Gasteiger partial charge in [-0.1, -0.05) is 0 Å². The number of rotatable bonds is 6. The Labute approximate surface area is 128 Å². The summed E-state index contributed by atoms with van der Waals surface area (Å²) in [6, 6.07) is 0. The van der Waals surface area contributed by atoms with E-state index in [2.05, 4.69) is 13.6 Å². The van der Waals surface area contributed by atoms with Crippen LogP contribution in [0.2, 0.25) is 0 Å². The summed E-state index contributed by atoms with van der Waals surface area (Å²) in [5, 5.41) is 19.3. The van der Waals surface area contributed by atoms with Crippen LogP contribution in [0.5, 0.6) is 0 Å². The average Bonchev–Trinajstić information content (AvgIpc) is 2.25. The Morgan fingerprint density at radius 1 is 0.739 bits per heavy atom. The first-order chi connectivity index (χ1) is 10.1. The molecule has 0 bridgehead atoms. The molecule has 0 radical (unpaired) electrons. The number of aliphatic hydroxyl groups excluding tert-OH is 2. The van der Waals surface area contributed by atoms with Crippen molar-refractivity contribution in [1.29, 1.82) is 0 Å². The normalized spacial score (nSPS) is 33.7. The summed E-state index contributed by atoms with van der Waals surface area (Å²) in [6.07, 6.45) is -12.4. The second kappa shape index (κ2) is 7.24. The summed E-state index contributed by atoms with van der Waals surface area (Å²) in [4.78, 5) is 63.4. The molecule has 1 fully saturated rings. The topological polar surface area (TPSA) is 258 Å². The number of phosphoric acid groups is 3. The maximum Gasteiger partial charge on any atom is 0.120 e. The van der Waals surface area contributed by atoms with Crippen LogP contribution in [0.15, 0.2) is 0 Å². The molecule has 138 valence electrons. The minimum Gasteiger partial charge on any atom is -0.790 e. The van der Waals surface area contributed by atoms with Gasteiger partial charge in [-0.15, -0.1) is 0 Å². The van der Waals surface area contributed by atoms with Crippen molar-refractivity contribution >= 4 is 23.5 Å². The van der Waals surface area contributed by atoms with Gasteiger partial charge in [0, 0.05) is 6.42 Å². The first-order valence-corrected chi connectivity index (χ1v) is 9.95. The van der Waals surface area contributed by atoms with E-state index in [1.165, 1.54) is 0 Å². The standard InChI is InChI=1S/C6H15O14P3/c7-2-1-3(18-21(9,10)11)4(8)6(20-23(15,16)17)5(2)19-22(12,13)14/h2-8H,1H2,(H2,9,10,11)(H2,12,13,14)(H2,15,16,17)/p-6/t2-,3+,4-,5+,6+/m0/s1. The third-order valence-corrected chi connectivity index (χ3v) is 4.19. The quantitative estimate of drug-likeness (QED) is 0.394. The van der Waals surface area contributed by atoms with Gasteiger partial charge < -0.3 is 66.8 Å². The molecule has 14 nitrogen and oxygen atoms in total. The van der Waals surface area contributed by atoms with Gasteiger partial charge in [0.1, 0.15) is 18.3 Å². The Morgan fingerprint density at radius 2 is 1.13 bits per heavy atom. The highest BCUT2D eigenvalue weighted by molar-refractivity contribution is 7.43. The van der Waals surface area contributed by atoms with Crippen LogP contribution in [0.25, 0.3) is 0 Å². The lowest BCUT2D eigenvalue weighted by Gasteiger charge is -2.49. The molecular formula is C6H9O14P3-6. The van der Waals surface area contributed by atoms with Crippen LogP contribution >= 0.6 is 23.5 Å². The fourth-order valence-corrected chi connectivity index (χ4v) is 3.60. The maximum absolute atomic E-state index is 10.6. The minimum absolute atomic E-state index is 0.942. The predicted molar refractivity (Wildman–Crippen MR) is 54.1 cm³/mol. The Kier molecular flexibility index (Phi) is 6.70. The van der Waals surface area contributed by atoms with Gasteiger partial charge in [0.2, 0.25) is 0 Å². The second-order valence-corrected chi connectivity index (χ2v) is 7.73. The largest absolute Gasteiger partial charge is 0.790 e. The Balaban J connectivity index is 3.10. The molecule has 23 heavy (non-hydrogen) atoms. The average molecular weight is 398 g/mol. The lowest BCUT2D eigenvalue weighted by molar-refractivity contribution is -0.367. The van der Waals surface area contributed by atoms with Gasteiger partial charge in [0.15, 0.2) is 0 Å². The molecule has 0 heterocycles. The molecular weight excluding hydrogens is 389 g/mol. The van der Waals surface area contributed by atoms with Crippen LogP contribution in [0.3, 0.4) is 0 Å². The summed E-state index contributed by atoms with van der Waals surface area (Å²) in [6.45, 7) is 0. The van der Waals surface area contributed by atoms with Crippen molar-refractivity contribution in [3.63, 3.8) is 0 Å². The van der Waals surface area contributed by atoms with Crippen LogP contribution in [0.4, 0.5) is 0 Å². The van der Waals surface area contributed by atoms with Gasteiger partial charge in [0.25, 0.3) is 0 Å². The molecule has 0 aromatic rings. The van der Waals surface area contributed by atoms with Crippen LogP contribution in [0.1, 0.15) is 6.42 Å². The van der Waals surface area contributed by atoms with Gasteiger partial charge in [-0.2, -0.15) is 0 Å². The van der Waals surface area contributed by atoms with Gasteiger partial charge in [-0.3, -0.25) is 0 Å². The molecule has 1 saturated carbocycles. The van der Waals surface area contributed by atoms with Gasteiger partial charge >= 0.3 is 0 Å². The smallest absolute Gasteiger partial charge is 0.120 e. The lowest BCUT2D eigenvalue weighted by atomic mass is 9.87. The number of aliphatic hydroxyl groups is 2. The summed E-state index contributed by atoms with van der Waals surface area (Å²) < 4.78 is 43.2. The van der Waals surface area contributed by atoms with Crippen molar-refractivity contribution < 1.29 is 66.8 Å². The zero-order valence-corrected chi connectivity index (χ0v) is 13.4. The zero-order valence-electron chi connectivity index (χ0n) is 10.7. The molecule has 1 rings (SSSR count). The molecule has 1 aliphatic rings. The van der Waals surface area contributed by atoms with Crippen molar-refractivity contribution in [2.75, 3.05) is 0 Å². The maximum atomic E-state index is 10.6. The van der Waals surface area contributed by atoms with Gasteiger partial charge in [-0.05, 0) is 0 Å². The molecule has 0 aliphatic heterocycles. The molecule has 17 heteroatoms. The van der Waals surface area contributed by atoms with Gasteiger partial charge in [-0.25, -0.2) is 0 Å². The fourth-order valence-electron chi connectivity index (χ4n) is 1.96. The highest BCUT2D eigenvalue weighted by Gasteiger charge is 2.47. The highest BCUT2D eigenvalue weighted by atomic mass is 31.2. The molecule has 0 aromatic heterocycles. The Morgan fingerprint density at radius 3 is 1.52 bits per heavy atom. The third kappa shape index (κ3) is 7.34. The van der Waals surface area contributed by atoms with E-state index < -0.39 is 60.4 Å². The third-order valence-electron chi connectivity index (χ3n) is 2.66. The van der Waals surface area contributed by atoms with Crippen LogP contribution in [0, 0.1) is 0 Å². The zero-order chi connectivity index (χ0) is 18.2. The lowest BCUT2D eigenvalue weighted by Crippen LogP contribution is -2.59. The van der Waals surface area contributed by atoms with E-state index in [4.69, 9.17) is 0 Å². The van der Waals surface area contributed by atoms with E-state index >= 15 is 0 Å². The van der Waals surface area contributed by atoms with Crippen molar-refractivity contribution in [2.45, 2.75) is 36.9 Å². The predicted octanol–water partition coefficient (Wildman–Crippen LogP) is -6.25. The summed E-state index contributed by atoms with van der Waals surface area (Å²) in [7, 11) is -17.4. The van der Waals surface area contributed by atoms with Gasteiger partial charge in [0.05, 0.1) is 35.7 Å². The Bertz CT molecular complexity index is 545. The van der Waals surface area contributed by atoms with E-state index in [9.17, 15) is 53.3 Å². The van der Waals surface area contributed by atoms with Crippen molar-refractivity contribution in [3.05, 3.63) is 0 Å². The minimum atomic E-state index is -5.90. The Hall–Kier alpha value is 0.250. The number of phosphoric ester groups is 3. The molecule has 1 aliphatic carbocycles. The first-order valence-electron chi connectivity index (χ1n) is 5.56. The van der Waals surface area contributed by atoms with Crippen LogP contribution < -0.4 is 29.4 Å². The summed E-state index contributed by atoms with van der Waals surface area (Å²) >= 11 is 0. The molecule has 0 amide bonds. The fraction of sp³-hybridized carbons (Fsp3) is 1.00. The second-order valence-electron chi connectivity index (χ2n) is 4.42. The van der Waals surface area contributed by atoms with E-state index in [-0.39, 0.29) is 0 Å². The van der Waals surface area contributed by atoms with Crippen LogP contribution in [-0.4, -0.2) is 40.7 Å². The van der Waals surface area contributed by atoms with E-state index in [1.54, 1.807) is 0 Å². The first kappa shape index (κ1) is 21.3. The summed E-state index contributed by atoms with van der Waals surface area (Å²) in [5.41, 5.74) is 0. The SMILES string of the molecule is O=P([O-])([O-])O[C@@H]1[C@@H](O)[C@H](OP(=O)([O-])[O-])C[C@H](O)[C@H]1OP(=O)([O-])[O-]. The number of hydrogen-bond donors (Lipinski definition) is 2. The molecule has 2 N–H and O–H groups in total. The molecule has 0 saturated heterocycles. The van der Waals surface area contributed by atoms with Crippen molar-refractivity contribution in [3.8, 4) is 0 Å². The summed E-state index contributed by atoms with van der Waals surface area (Å²) in [5.74, 6) is 0. The molecule has 0 spiro atoms. The highest BCUT2D eigenvalue weighted by Crippen LogP contribution is 2.43. The van der Waals surface area contributed by atoms with Crippen molar-refractivity contribution in [1.82, 2.24) is 0 Å². The molecule has 0 aromatic carbocycles. The number of hydrogen-bond acceptors (Lipinski definition) is 14. The van der Waals surface area contributed by atoms with E-state index in [0.717, 1.165) is 0 Å². The monoisotopic (exact) mass is 398 g/mol. The van der Waals surface area contributed by atoms with Crippen molar-refractivity contribution in [2.24, 2.45) is 0 Å².